The van der Waals surface area contributed by atoms with Crippen LogP contribution in [0.3, 0.4) is 0 Å². The second-order valence-electron chi connectivity index (χ2n) is 4.31. The maximum Gasteiger partial charge on any atom is 0.417 e. The Hall–Kier alpha value is -2.41. The molecule has 3 aromatic rings. The number of carbonyl (C=O) groups excluding carboxylic acids is 1. The van der Waals surface area contributed by atoms with E-state index in [4.69, 9.17) is 4.42 Å². The van der Waals surface area contributed by atoms with Crippen molar-refractivity contribution in [3.63, 3.8) is 0 Å². The van der Waals surface area contributed by atoms with Gasteiger partial charge < -0.3 is 9.73 Å². The van der Waals surface area contributed by atoms with E-state index in [0.717, 1.165) is 10.7 Å². The Labute approximate surface area is 117 Å². The van der Waals surface area contributed by atoms with E-state index in [-0.39, 0.29) is 12.3 Å². The van der Waals surface area contributed by atoms with E-state index in [9.17, 15) is 9.59 Å². The second-order valence-corrected chi connectivity index (χ2v) is 5.37. The van der Waals surface area contributed by atoms with E-state index in [1.54, 1.807) is 18.2 Å². The molecule has 0 spiro atoms. The summed E-state index contributed by atoms with van der Waals surface area (Å²) in [5.74, 6) is -0.665. The Kier molecular flexibility index (Phi) is 3.11. The summed E-state index contributed by atoms with van der Waals surface area (Å²) in [5, 5.41) is 5.57. The van der Waals surface area contributed by atoms with E-state index in [2.05, 4.69) is 15.3 Å². The molecule has 20 heavy (non-hydrogen) atoms. The number of aromatic amines is 1. The minimum absolute atomic E-state index is 0.152. The summed E-state index contributed by atoms with van der Waals surface area (Å²) in [6.45, 7) is 1.90. The number of nitrogens with one attached hydrogen (secondary N) is 2. The zero-order valence-electron chi connectivity index (χ0n) is 10.6. The highest BCUT2D eigenvalue weighted by Crippen LogP contribution is 2.16. The Bertz CT molecular complexity index is 831. The van der Waals surface area contributed by atoms with Crippen molar-refractivity contribution in [1.82, 2.24) is 9.97 Å². The highest BCUT2D eigenvalue weighted by Gasteiger charge is 2.08. The van der Waals surface area contributed by atoms with Gasteiger partial charge in [-0.15, -0.1) is 11.3 Å². The van der Waals surface area contributed by atoms with E-state index >= 15 is 0 Å². The number of H-pyrrole nitrogens is 1. The number of aryl methyl sites for hydroxylation is 1. The fourth-order valence-electron chi connectivity index (χ4n) is 1.89. The highest BCUT2D eigenvalue weighted by molar-refractivity contribution is 7.09. The van der Waals surface area contributed by atoms with Gasteiger partial charge in [0.1, 0.15) is 0 Å². The largest absolute Gasteiger partial charge is 0.417 e. The van der Waals surface area contributed by atoms with Crippen molar-refractivity contribution in [1.29, 1.82) is 0 Å². The SMILES string of the molecule is Cc1nc(CC(=O)Nc2ccc3oc(=O)[nH]c3c2)cs1. The molecule has 0 aliphatic rings. The Morgan fingerprint density at radius 3 is 3.10 bits per heavy atom. The molecule has 1 aromatic carbocycles. The van der Waals surface area contributed by atoms with E-state index in [1.807, 2.05) is 12.3 Å². The molecule has 6 nitrogen and oxygen atoms in total. The van der Waals surface area contributed by atoms with Gasteiger partial charge in [0.05, 0.1) is 22.6 Å². The van der Waals surface area contributed by atoms with Crippen LogP contribution in [0.4, 0.5) is 5.69 Å². The Morgan fingerprint density at radius 1 is 1.50 bits per heavy atom. The summed E-state index contributed by atoms with van der Waals surface area (Å²) in [6, 6.07) is 4.98. The summed E-state index contributed by atoms with van der Waals surface area (Å²) < 4.78 is 4.89. The van der Waals surface area contributed by atoms with Crippen LogP contribution < -0.4 is 11.1 Å². The summed E-state index contributed by atoms with van der Waals surface area (Å²) in [6.07, 6.45) is 0.226. The number of aromatic nitrogens is 2. The molecule has 0 unspecified atom stereocenters. The first-order valence-corrected chi connectivity index (χ1v) is 6.82. The predicted octanol–water partition coefficient (Wildman–Crippen LogP) is 2.07. The van der Waals surface area contributed by atoms with Gasteiger partial charge >= 0.3 is 5.76 Å². The molecule has 0 radical (unpaired) electrons. The maximum atomic E-state index is 11.9. The number of amides is 1. The topological polar surface area (TPSA) is 88.0 Å². The third kappa shape index (κ3) is 2.62. The van der Waals surface area contributed by atoms with Crippen LogP contribution >= 0.6 is 11.3 Å². The zero-order chi connectivity index (χ0) is 14.1. The van der Waals surface area contributed by atoms with Crippen molar-refractivity contribution in [3.05, 3.63) is 44.8 Å². The lowest BCUT2D eigenvalue weighted by Gasteiger charge is -2.03. The molecule has 0 fully saturated rings. The molecule has 2 N–H and O–H groups in total. The Balaban J connectivity index is 1.75. The van der Waals surface area contributed by atoms with Crippen LogP contribution in [-0.2, 0) is 11.2 Å². The van der Waals surface area contributed by atoms with Gasteiger partial charge in [0, 0.05) is 11.1 Å². The highest BCUT2D eigenvalue weighted by atomic mass is 32.1. The predicted molar refractivity (Wildman–Crippen MR) is 76.0 cm³/mol. The molecule has 1 amide bonds. The van der Waals surface area contributed by atoms with Gasteiger partial charge in [-0.1, -0.05) is 0 Å². The molecule has 3 rings (SSSR count). The van der Waals surface area contributed by atoms with Crippen LogP contribution in [0.1, 0.15) is 10.7 Å². The van der Waals surface area contributed by atoms with Gasteiger partial charge in [0.15, 0.2) is 5.58 Å². The third-order valence-electron chi connectivity index (χ3n) is 2.71. The zero-order valence-corrected chi connectivity index (χ0v) is 11.4. The lowest BCUT2D eigenvalue weighted by Crippen LogP contribution is -2.14. The molecule has 2 aromatic heterocycles. The van der Waals surface area contributed by atoms with Gasteiger partial charge in [0.25, 0.3) is 0 Å². The standard InChI is InChI=1S/C13H11N3O3S/c1-7-14-9(6-20-7)5-12(17)15-8-2-3-11-10(4-8)16-13(18)19-11/h2-4,6H,5H2,1H3,(H,15,17)(H,16,18). The first-order valence-electron chi connectivity index (χ1n) is 5.94. The average Bonchev–Trinajstić information content (AvgIpc) is 2.93. The normalized spacial score (nSPS) is 10.8. The molecule has 0 aliphatic carbocycles. The molecule has 0 saturated heterocycles. The smallest absolute Gasteiger partial charge is 0.408 e. The fourth-order valence-corrected chi connectivity index (χ4v) is 2.50. The van der Waals surface area contributed by atoms with Gasteiger partial charge in [-0.3, -0.25) is 9.78 Å². The Morgan fingerprint density at radius 2 is 2.35 bits per heavy atom. The van der Waals surface area contributed by atoms with Crippen molar-refractivity contribution in [2.75, 3.05) is 5.32 Å². The van der Waals surface area contributed by atoms with Gasteiger partial charge in [-0.25, -0.2) is 9.78 Å². The number of hydrogen-bond acceptors (Lipinski definition) is 5. The van der Waals surface area contributed by atoms with Crippen molar-refractivity contribution >= 4 is 34.0 Å². The first kappa shape index (κ1) is 12.6. The minimum atomic E-state index is -0.513. The number of nitrogens with zero attached hydrogens (tertiary/aromatic N) is 1. The van der Waals surface area contributed by atoms with Crippen molar-refractivity contribution in [2.45, 2.75) is 13.3 Å². The summed E-state index contributed by atoms with van der Waals surface area (Å²) in [5.41, 5.74) is 2.37. The van der Waals surface area contributed by atoms with Crippen LogP contribution in [-0.4, -0.2) is 15.9 Å². The third-order valence-corrected chi connectivity index (χ3v) is 3.53. The van der Waals surface area contributed by atoms with Gasteiger partial charge in [-0.2, -0.15) is 0 Å². The number of hydrogen-bond donors (Lipinski definition) is 2. The summed E-state index contributed by atoms with van der Waals surface area (Å²) >= 11 is 1.51. The van der Waals surface area contributed by atoms with Crippen molar-refractivity contribution in [2.24, 2.45) is 0 Å². The molecule has 0 aliphatic heterocycles. The fraction of sp³-hybridized carbons (Fsp3) is 0.154. The molecule has 0 saturated carbocycles. The number of oxazole rings is 1. The number of benzene rings is 1. The number of fused-ring (bicyclic) bond motifs is 1. The molecular weight excluding hydrogens is 278 g/mol. The second kappa shape index (κ2) is 4.93. The first-order chi connectivity index (χ1) is 9.60. The van der Waals surface area contributed by atoms with Gasteiger partial charge in [0.2, 0.25) is 5.91 Å². The van der Waals surface area contributed by atoms with Crippen molar-refractivity contribution in [3.8, 4) is 0 Å². The summed E-state index contributed by atoms with van der Waals surface area (Å²) in [4.78, 5) is 29.7. The number of rotatable bonds is 3. The molecule has 0 bridgehead atoms. The molecule has 0 atom stereocenters. The maximum absolute atomic E-state index is 11.9. The molecule has 7 heteroatoms. The monoisotopic (exact) mass is 289 g/mol. The lowest BCUT2D eigenvalue weighted by atomic mass is 10.2. The van der Waals surface area contributed by atoms with Crippen LogP contribution in [0.5, 0.6) is 0 Å². The van der Waals surface area contributed by atoms with E-state index < -0.39 is 5.76 Å². The van der Waals surface area contributed by atoms with E-state index in [0.29, 0.717) is 16.8 Å². The van der Waals surface area contributed by atoms with Crippen LogP contribution in [0.25, 0.3) is 11.1 Å². The average molecular weight is 289 g/mol. The lowest BCUT2D eigenvalue weighted by molar-refractivity contribution is -0.115. The van der Waals surface area contributed by atoms with Crippen LogP contribution in [0, 0.1) is 6.92 Å². The molecule has 2 heterocycles. The quantitative estimate of drug-likeness (QED) is 0.772. The van der Waals surface area contributed by atoms with Crippen LogP contribution in [0.15, 0.2) is 32.8 Å². The minimum Gasteiger partial charge on any atom is -0.408 e. The summed E-state index contributed by atoms with van der Waals surface area (Å²) in [7, 11) is 0. The van der Waals surface area contributed by atoms with Crippen molar-refractivity contribution < 1.29 is 9.21 Å². The molecular formula is C13H11N3O3S. The van der Waals surface area contributed by atoms with E-state index in [1.165, 1.54) is 11.3 Å². The number of carbonyl (C=O) groups is 1. The number of thiazole rings is 1. The number of anilines is 1. The van der Waals surface area contributed by atoms with Gasteiger partial charge in [-0.05, 0) is 25.1 Å². The molecule has 102 valence electrons. The van der Waals surface area contributed by atoms with Crippen LogP contribution in [0.2, 0.25) is 0 Å².